The van der Waals surface area contributed by atoms with E-state index in [2.05, 4.69) is 0 Å². The van der Waals surface area contributed by atoms with Gasteiger partial charge in [-0.3, -0.25) is 45.2 Å². The molecule has 0 bridgehead atoms. The summed E-state index contributed by atoms with van der Waals surface area (Å²) in [5.74, 6) is -8.85. The third-order valence-electron chi connectivity index (χ3n) is 5.19. The lowest BCUT2D eigenvalue weighted by Crippen LogP contribution is -2.69. The Balaban J connectivity index is 1.92. The number of hydrogen-bond donors (Lipinski definition) is 4. The fourth-order valence-corrected chi connectivity index (χ4v) is 4.15. The quantitative estimate of drug-likeness (QED) is 0.444. The summed E-state index contributed by atoms with van der Waals surface area (Å²) in [6.45, 7) is 0. The van der Waals surface area contributed by atoms with E-state index >= 15 is 0 Å². The lowest BCUT2D eigenvalue weighted by molar-refractivity contribution is -0.148. The first kappa shape index (κ1) is 17.5. The third kappa shape index (κ3) is 2.25. The molecule has 0 unspecified atom stereocenters. The third-order valence-corrected chi connectivity index (χ3v) is 5.19. The number of carbonyl (C=O) groups excluding carboxylic acids is 7. The van der Waals surface area contributed by atoms with Crippen molar-refractivity contribution in [2.45, 2.75) is 6.42 Å². The van der Waals surface area contributed by atoms with Crippen LogP contribution in [0.3, 0.4) is 0 Å². The molecule has 0 aromatic heterocycles. The topological polar surface area (TPSA) is 168 Å². The van der Waals surface area contributed by atoms with Gasteiger partial charge in [-0.05, 0) is 12.0 Å². The number of ketones is 1. The Kier molecular flexibility index (Phi) is 3.63. The van der Waals surface area contributed by atoms with Crippen LogP contribution >= 0.6 is 0 Å². The summed E-state index contributed by atoms with van der Waals surface area (Å²) in [6.07, 6.45) is -0.276. The van der Waals surface area contributed by atoms with Crippen LogP contribution in [0.15, 0.2) is 24.3 Å². The van der Waals surface area contributed by atoms with Crippen molar-refractivity contribution in [2.24, 2.45) is 17.3 Å². The molecule has 1 aromatic rings. The second-order valence-corrected chi connectivity index (χ2v) is 6.68. The fraction of sp³-hybridized carbons (Fsp3) is 0.235. The summed E-state index contributed by atoms with van der Waals surface area (Å²) in [6, 6.07) is 4.06. The summed E-state index contributed by atoms with van der Waals surface area (Å²) in [4.78, 5) is 86.5. The monoisotopic (exact) mass is 384 g/mol. The van der Waals surface area contributed by atoms with E-state index in [1.54, 1.807) is 18.2 Å². The number of rotatable bonds is 2. The van der Waals surface area contributed by atoms with Crippen molar-refractivity contribution < 1.29 is 33.6 Å². The van der Waals surface area contributed by atoms with Crippen molar-refractivity contribution in [3.8, 4) is 0 Å². The van der Waals surface area contributed by atoms with Gasteiger partial charge in [0.1, 0.15) is 11.8 Å². The molecule has 1 aromatic carbocycles. The molecule has 2 heterocycles. The number of benzene rings is 1. The molecule has 1 aliphatic carbocycles. The van der Waals surface area contributed by atoms with Crippen LogP contribution in [-0.2, 0) is 25.6 Å². The Morgan fingerprint density at radius 3 is 1.54 bits per heavy atom. The average Bonchev–Trinajstić information content (AvgIpc) is 2.87. The van der Waals surface area contributed by atoms with Gasteiger partial charge in [0.05, 0.1) is 5.41 Å². The van der Waals surface area contributed by atoms with Gasteiger partial charge in [-0.2, -0.15) is 0 Å². The van der Waals surface area contributed by atoms with E-state index < -0.39 is 58.7 Å². The zero-order valence-corrected chi connectivity index (χ0v) is 14.0. The minimum atomic E-state index is -2.13. The largest absolute Gasteiger partial charge is 0.328 e. The molecular weight excluding hydrogens is 372 g/mol. The van der Waals surface area contributed by atoms with Gasteiger partial charge in [0.15, 0.2) is 5.78 Å². The number of barbiturate groups is 2. The number of Topliss-reactive ketones (excluding diaryl/α,β-unsaturated/α-hetero) is 1. The molecule has 142 valence electrons. The molecular formula is C17H12N4O7. The second-order valence-electron chi connectivity index (χ2n) is 6.68. The molecule has 8 amide bonds. The number of carbonyl (C=O) groups is 7. The summed E-state index contributed by atoms with van der Waals surface area (Å²) in [7, 11) is 0. The van der Waals surface area contributed by atoms with Crippen LogP contribution in [0.2, 0.25) is 0 Å². The Morgan fingerprint density at radius 1 is 0.679 bits per heavy atom. The molecule has 11 heteroatoms. The minimum Gasteiger partial charge on any atom is -0.293 e. The molecule has 4 rings (SSSR count). The van der Waals surface area contributed by atoms with Gasteiger partial charge in [0, 0.05) is 5.56 Å². The molecule has 11 nitrogen and oxygen atoms in total. The van der Waals surface area contributed by atoms with Gasteiger partial charge in [-0.1, -0.05) is 24.3 Å². The lowest BCUT2D eigenvalue weighted by atomic mass is 9.61. The Morgan fingerprint density at radius 2 is 1.11 bits per heavy atom. The zero-order chi connectivity index (χ0) is 20.2. The van der Waals surface area contributed by atoms with E-state index in [9.17, 15) is 33.6 Å². The maximum absolute atomic E-state index is 13.4. The highest BCUT2D eigenvalue weighted by atomic mass is 16.2. The van der Waals surface area contributed by atoms with Crippen LogP contribution in [0.5, 0.6) is 0 Å². The first-order valence-electron chi connectivity index (χ1n) is 8.20. The van der Waals surface area contributed by atoms with Gasteiger partial charge >= 0.3 is 12.1 Å². The van der Waals surface area contributed by atoms with Crippen LogP contribution in [0.1, 0.15) is 15.9 Å². The molecule has 0 radical (unpaired) electrons. The van der Waals surface area contributed by atoms with Gasteiger partial charge in [-0.25, -0.2) is 9.59 Å². The van der Waals surface area contributed by atoms with Crippen LogP contribution in [0.4, 0.5) is 9.59 Å². The number of fused-ring (bicyclic) bond motifs is 1. The van der Waals surface area contributed by atoms with Gasteiger partial charge in [0.25, 0.3) is 0 Å². The first-order chi connectivity index (χ1) is 13.3. The lowest BCUT2D eigenvalue weighted by Gasteiger charge is -2.41. The standard InChI is InChI=1S/C17H12N4O7/c22-10-7-4-2-1-3-6(7)5-17(10,8-11(23)18-15(27)19-12(8)24)9-13(25)20-16(28)21-14(9)26/h1-4,8-9H,5H2,(H2,18,19,23,24,27)(H2,20,21,25,26,28). The maximum atomic E-state index is 13.4. The van der Waals surface area contributed by atoms with Gasteiger partial charge < -0.3 is 0 Å². The molecule has 2 saturated heterocycles. The number of hydrogen-bond acceptors (Lipinski definition) is 7. The highest BCUT2D eigenvalue weighted by Crippen LogP contribution is 2.49. The van der Waals surface area contributed by atoms with Crippen molar-refractivity contribution in [1.82, 2.24) is 21.3 Å². The number of imide groups is 4. The van der Waals surface area contributed by atoms with Crippen molar-refractivity contribution in [3.63, 3.8) is 0 Å². The van der Waals surface area contributed by atoms with Crippen LogP contribution in [-0.4, -0.2) is 41.5 Å². The molecule has 0 spiro atoms. The normalized spacial score (nSPS) is 22.4. The Bertz CT molecular complexity index is 927. The van der Waals surface area contributed by atoms with E-state index in [1.165, 1.54) is 6.07 Å². The summed E-state index contributed by atoms with van der Waals surface area (Å²) < 4.78 is 0. The predicted molar refractivity (Wildman–Crippen MR) is 87.3 cm³/mol. The molecule has 4 N–H and O–H groups in total. The van der Waals surface area contributed by atoms with Gasteiger partial charge in [0.2, 0.25) is 23.6 Å². The smallest absolute Gasteiger partial charge is 0.293 e. The summed E-state index contributed by atoms with van der Waals surface area (Å²) in [5, 5.41) is 7.58. The van der Waals surface area contributed by atoms with Crippen LogP contribution < -0.4 is 21.3 Å². The highest BCUT2D eigenvalue weighted by Gasteiger charge is 2.66. The number of urea groups is 2. The Hall–Kier alpha value is -3.89. The maximum Gasteiger partial charge on any atom is 0.328 e. The van der Waals surface area contributed by atoms with Crippen LogP contribution in [0, 0.1) is 17.3 Å². The first-order valence-corrected chi connectivity index (χ1v) is 8.20. The molecule has 28 heavy (non-hydrogen) atoms. The SMILES string of the molecule is O=C1NC(=O)C(C2(C3C(=O)NC(=O)NC3=O)Cc3ccccc3C2=O)C(=O)N1. The summed E-state index contributed by atoms with van der Waals surface area (Å²) in [5.41, 5.74) is -1.55. The van der Waals surface area contributed by atoms with Gasteiger partial charge in [-0.15, -0.1) is 0 Å². The fourth-order valence-electron chi connectivity index (χ4n) is 4.15. The second kappa shape index (κ2) is 5.81. The van der Waals surface area contributed by atoms with E-state index in [1.807, 2.05) is 21.3 Å². The van der Waals surface area contributed by atoms with Crippen molar-refractivity contribution >= 4 is 41.5 Å². The molecule has 2 aliphatic heterocycles. The van der Waals surface area contributed by atoms with Crippen LogP contribution in [0.25, 0.3) is 0 Å². The van der Waals surface area contributed by atoms with E-state index in [4.69, 9.17) is 0 Å². The number of nitrogens with one attached hydrogen (secondary N) is 4. The zero-order valence-electron chi connectivity index (χ0n) is 14.0. The molecule has 2 fully saturated rings. The molecule has 0 saturated carbocycles. The average molecular weight is 384 g/mol. The Labute approximate surface area is 156 Å². The molecule has 0 atom stereocenters. The van der Waals surface area contributed by atoms with E-state index in [0.717, 1.165) is 0 Å². The number of amides is 8. The summed E-state index contributed by atoms with van der Waals surface area (Å²) >= 11 is 0. The van der Waals surface area contributed by atoms with E-state index in [0.29, 0.717) is 5.56 Å². The minimum absolute atomic E-state index is 0.150. The van der Waals surface area contributed by atoms with Crippen molar-refractivity contribution in [1.29, 1.82) is 0 Å². The van der Waals surface area contributed by atoms with E-state index in [-0.39, 0.29) is 12.0 Å². The highest BCUT2D eigenvalue weighted by molar-refractivity contribution is 6.25. The van der Waals surface area contributed by atoms with Crippen molar-refractivity contribution in [2.75, 3.05) is 0 Å². The van der Waals surface area contributed by atoms with Crippen molar-refractivity contribution in [3.05, 3.63) is 35.4 Å². The molecule has 3 aliphatic rings. The predicted octanol–water partition coefficient (Wildman–Crippen LogP) is -1.62.